The monoisotopic (exact) mass is 274 g/mol. The Kier molecular flexibility index (Phi) is 3.80. The van der Waals surface area contributed by atoms with Crippen molar-refractivity contribution in [3.63, 3.8) is 0 Å². The van der Waals surface area contributed by atoms with E-state index in [-0.39, 0.29) is 10.1 Å². The standard InChI is InChI=1S/C10H14N2O3S2/c13-10-8(4-1-2-6-11-10)12-17(14,15)9-5-3-7-16-9/h3,5,7-8,12H,1-2,4,6H2,(H,11,13). The topological polar surface area (TPSA) is 75.3 Å². The minimum Gasteiger partial charge on any atom is -0.355 e. The number of nitrogens with one attached hydrogen (secondary N) is 2. The molecule has 17 heavy (non-hydrogen) atoms. The molecule has 94 valence electrons. The van der Waals surface area contributed by atoms with Gasteiger partial charge in [-0.25, -0.2) is 8.42 Å². The number of carbonyl (C=O) groups excluding carboxylic acids is 1. The Morgan fingerprint density at radius 1 is 1.41 bits per heavy atom. The van der Waals surface area contributed by atoms with Crippen LogP contribution in [0.4, 0.5) is 0 Å². The Morgan fingerprint density at radius 2 is 2.24 bits per heavy atom. The maximum atomic E-state index is 11.9. The van der Waals surface area contributed by atoms with Crippen LogP contribution in [-0.4, -0.2) is 26.9 Å². The van der Waals surface area contributed by atoms with Crippen molar-refractivity contribution in [1.82, 2.24) is 10.0 Å². The van der Waals surface area contributed by atoms with E-state index in [2.05, 4.69) is 10.0 Å². The number of amides is 1. The van der Waals surface area contributed by atoms with E-state index in [9.17, 15) is 13.2 Å². The average Bonchev–Trinajstić information content (AvgIpc) is 2.74. The molecule has 1 fully saturated rings. The summed E-state index contributed by atoms with van der Waals surface area (Å²) in [7, 11) is -3.56. The molecular weight excluding hydrogens is 260 g/mol. The molecule has 0 radical (unpaired) electrons. The quantitative estimate of drug-likeness (QED) is 0.851. The van der Waals surface area contributed by atoms with E-state index in [4.69, 9.17) is 0 Å². The molecule has 0 aliphatic carbocycles. The molecule has 0 saturated carbocycles. The Balaban J connectivity index is 2.12. The largest absolute Gasteiger partial charge is 0.355 e. The van der Waals surface area contributed by atoms with Crippen molar-refractivity contribution in [1.29, 1.82) is 0 Å². The summed E-state index contributed by atoms with van der Waals surface area (Å²) < 4.78 is 26.6. The zero-order valence-corrected chi connectivity index (χ0v) is 10.8. The van der Waals surface area contributed by atoms with Gasteiger partial charge in [0, 0.05) is 6.54 Å². The van der Waals surface area contributed by atoms with Gasteiger partial charge in [0.05, 0.1) is 0 Å². The van der Waals surface area contributed by atoms with Gasteiger partial charge in [-0.15, -0.1) is 11.3 Å². The van der Waals surface area contributed by atoms with Crippen molar-refractivity contribution < 1.29 is 13.2 Å². The van der Waals surface area contributed by atoms with Crippen molar-refractivity contribution in [3.8, 4) is 0 Å². The fourth-order valence-corrected chi connectivity index (χ4v) is 3.95. The molecule has 1 atom stereocenters. The first-order valence-corrected chi connectivity index (χ1v) is 7.79. The molecule has 1 aliphatic rings. The number of thiophene rings is 1. The van der Waals surface area contributed by atoms with Crippen LogP contribution in [0.5, 0.6) is 0 Å². The van der Waals surface area contributed by atoms with Crippen LogP contribution >= 0.6 is 11.3 Å². The molecule has 0 aromatic carbocycles. The van der Waals surface area contributed by atoms with Crippen LogP contribution in [0.2, 0.25) is 0 Å². The Labute approximate surface area is 104 Å². The molecular formula is C10H14N2O3S2. The van der Waals surface area contributed by atoms with Crippen molar-refractivity contribution in [2.75, 3.05) is 6.54 Å². The van der Waals surface area contributed by atoms with Gasteiger partial charge in [0.15, 0.2) is 0 Å². The number of rotatable bonds is 3. The predicted octanol–water partition coefficient (Wildman–Crippen LogP) is 0.695. The lowest BCUT2D eigenvalue weighted by atomic mass is 10.1. The molecule has 1 amide bonds. The molecule has 1 saturated heterocycles. The molecule has 1 aromatic heterocycles. The molecule has 1 aromatic rings. The van der Waals surface area contributed by atoms with E-state index in [1.165, 1.54) is 6.07 Å². The smallest absolute Gasteiger partial charge is 0.250 e. The second-order valence-corrected chi connectivity index (χ2v) is 6.78. The second-order valence-electron chi connectivity index (χ2n) is 3.89. The van der Waals surface area contributed by atoms with E-state index in [1.807, 2.05) is 0 Å². The maximum absolute atomic E-state index is 11.9. The lowest BCUT2D eigenvalue weighted by Crippen LogP contribution is -2.45. The van der Waals surface area contributed by atoms with Crippen LogP contribution in [0, 0.1) is 0 Å². The number of carbonyl (C=O) groups is 1. The third-order valence-corrected chi connectivity index (χ3v) is 5.46. The summed E-state index contributed by atoms with van der Waals surface area (Å²) in [6.45, 7) is 0.621. The predicted molar refractivity (Wildman–Crippen MR) is 65.3 cm³/mol. The SMILES string of the molecule is O=C1NCCCCC1NS(=O)(=O)c1cccs1. The maximum Gasteiger partial charge on any atom is 0.250 e. The first-order valence-electron chi connectivity index (χ1n) is 5.43. The summed E-state index contributed by atoms with van der Waals surface area (Å²) in [5.41, 5.74) is 0. The van der Waals surface area contributed by atoms with E-state index < -0.39 is 16.1 Å². The van der Waals surface area contributed by atoms with Crippen LogP contribution in [0.1, 0.15) is 19.3 Å². The van der Waals surface area contributed by atoms with E-state index >= 15 is 0 Å². The summed E-state index contributed by atoms with van der Waals surface area (Å²) >= 11 is 1.14. The summed E-state index contributed by atoms with van der Waals surface area (Å²) in [6.07, 6.45) is 2.29. The van der Waals surface area contributed by atoms with Gasteiger partial charge in [-0.3, -0.25) is 4.79 Å². The normalized spacial score (nSPS) is 21.9. The number of sulfonamides is 1. The van der Waals surface area contributed by atoms with Gasteiger partial charge in [0.25, 0.3) is 10.0 Å². The molecule has 0 bridgehead atoms. The first kappa shape index (κ1) is 12.5. The number of hydrogen-bond acceptors (Lipinski definition) is 4. The fourth-order valence-electron chi connectivity index (χ4n) is 1.71. The molecule has 2 rings (SSSR count). The summed E-state index contributed by atoms with van der Waals surface area (Å²) in [6, 6.07) is 2.55. The van der Waals surface area contributed by atoms with Crippen molar-refractivity contribution in [2.24, 2.45) is 0 Å². The highest BCUT2D eigenvalue weighted by atomic mass is 32.2. The van der Waals surface area contributed by atoms with E-state index in [1.54, 1.807) is 11.4 Å². The molecule has 2 heterocycles. The number of hydrogen-bond donors (Lipinski definition) is 2. The van der Waals surface area contributed by atoms with Gasteiger partial charge in [0.1, 0.15) is 10.3 Å². The zero-order chi connectivity index (χ0) is 12.3. The Hall–Kier alpha value is -0.920. The minimum atomic E-state index is -3.56. The lowest BCUT2D eigenvalue weighted by Gasteiger charge is -2.14. The van der Waals surface area contributed by atoms with Crippen LogP contribution in [0.15, 0.2) is 21.7 Å². The van der Waals surface area contributed by atoms with Crippen LogP contribution in [0.3, 0.4) is 0 Å². The van der Waals surface area contributed by atoms with E-state index in [0.717, 1.165) is 24.2 Å². The van der Waals surface area contributed by atoms with Crippen molar-refractivity contribution in [3.05, 3.63) is 17.5 Å². The van der Waals surface area contributed by atoms with E-state index in [0.29, 0.717) is 13.0 Å². The highest BCUT2D eigenvalue weighted by molar-refractivity contribution is 7.91. The first-order chi connectivity index (χ1) is 8.09. The average molecular weight is 274 g/mol. The summed E-state index contributed by atoms with van der Waals surface area (Å²) in [5, 5.41) is 4.40. The lowest BCUT2D eigenvalue weighted by molar-refractivity contribution is -0.122. The molecule has 2 N–H and O–H groups in total. The fraction of sp³-hybridized carbons (Fsp3) is 0.500. The van der Waals surface area contributed by atoms with Gasteiger partial charge in [-0.1, -0.05) is 6.07 Å². The van der Waals surface area contributed by atoms with Gasteiger partial charge in [0.2, 0.25) is 5.91 Å². The zero-order valence-electron chi connectivity index (χ0n) is 9.18. The Morgan fingerprint density at radius 3 is 2.94 bits per heavy atom. The highest BCUT2D eigenvalue weighted by Crippen LogP contribution is 2.17. The van der Waals surface area contributed by atoms with Crippen LogP contribution in [0.25, 0.3) is 0 Å². The third kappa shape index (κ3) is 3.05. The molecule has 5 nitrogen and oxygen atoms in total. The van der Waals surface area contributed by atoms with Crippen molar-refractivity contribution in [2.45, 2.75) is 29.5 Å². The van der Waals surface area contributed by atoms with Gasteiger partial charge in [-0.05, 0) is 30.7 Å². The second kappa shape index (κ2) is 5.16. The molecule has 0 spiro atoms. The minimum absolute atomic E-state index is 0.234. The summed E-state index contributed by atoms with van der Waals surface area (Å²) in [5.74, 6) is -0.234. The van der Waals surface area contributed by atoms with Gasteiger partial charge < -0.3 is 5.32 Å². The molecule has 1 unspecified atom stereocenters. The molecule has 7 heteroatoms. The van der Waals surface area contributed by atoms with Gasteiger partial charge >= 0.3 is 0 Å². The summed E-state index contributed by atoms with van der Waals surface area (Å²) in [4.78, 5) is 11.6. The van der Waals surface area contributed by atoms with Gasteiger partial charge in [-0.2, -0.15) is 4.72 Å². The highest BCUT2D eigenvalue weighted by Gasteiger charge is 2.26. The Bertz CT molecular complexity index is 482. The van der Waals surface area contributed by atoms with Crippen molar-refractivity contribution >= 4 is 27.3 Å². The third-order valence-electron chi connectivity index (χ3n) is 2.59. The van der Waals surface area contributed by atoms with Crippen LogP contribution < -0.4 is 10.0 Å². The molecule has 1 aliphatic heterocycles. The van der Waals surface area contributed by atoms with Crippen LogP contribution in [-0.2, 0) is 14.8 Å².